The second-order valence-electron chi connectivity index (χ2n) is 14.1. The molecule has 0 fully saturated rings. The highest BCUT2D eigenvalue weighted by atomic mass is 32.1. The van der Waals surface area contributed by atoms with Gasteiger partial charge in [-0.15, -0.1) is 11.3 Å². The van der Waals surface area contributed by atoms with Crippen LogP contribution in [-0.4, -0.2) is 4.57 Å². The van der Waals surface area contributed by atoms with Crippen molar-refractivity contribution in [3.8, 4) is 27.9 Å². The molecule has 2 aromatic heterocycles. The Bertz CT molecular complexity index is 3200. The van der Waals surface area contributed by atoms with Gasteiger partial charge in [-0.2, -0.15) is 0 Å². The molecule has 11 aromatic rings. The smallest absolute Gasteiger partial charge is 0.0727 e. The molecule has 0 saturated heterocycles. The highest BCUT2D eigenvalue weighted by Gasteiger charge is 2.21. The zero-order valence-corrected chi connectivity index (χ0v) is 30.7. The fourth-order valence-electron chi connectivity index (χ4n) is 8.47. The summed E-state index contributed by atoms with van der Waals surface area (Å²) in [5.74, 6) is 0. The van der Waals surface area contributed by atoms with Crippen LogP contribution in [0.3, 0.4) is 0 Å². The molecule has 0 amide bonds. The van der Waals surface area contributed by atoms with Gasteiger partial charge in [0.25, 0.3) is 0 Å². The molecule has 0 saturated carbocycles. The average molecular weight is 719 g/mol. The first-order valence-electron chi connectivity index (χ1n) is 18.8. The molecule has 0 aliphatic carbocycles. The highest BCUT2D eigenvalue weighted by molar-refractivity contribution is 7.27. The van der Waals surface area contributed by atoms with Gasteiger partial charge in [-0.3, -0.25) is 0 Å². The Hall–Kier alpha value is -6.94. The second kappa shape index (κ2) is 12.9. The molecule has 3 heteroatoms. The summed E-state index contributed by atoms with van der Waals surface area (Å²) in [5.41, 5.74) is 12.0. The number of hydrogen-bond donors (Lipinski definition) is 0. The maximum Gasteiger partial charge on any atom is 0.0727 e. The van der Waals surface area contributed by atoms with E-state index < -0.39 is 0 Å². The summed E-state index contributed by atoms with van der Waals surface area (Å²) in [5, 5.41) is 7.51. The Labute approximate surface area is 323 Å². The third kappa shape index (κ3) is 5.16. The Morgan fingerprint density at radius 1 is 0.382 bits per heavy atom. The maximum absolute atomic E-state index is 2.44. The molecule has 0 aliphatic heterocycles. The highest BCUT2D eigenvalue weighted by Crippen LogP contribution is 2.47. The first-order valence-corrected chi connectivity index (χ1v) is 19.6. The van der Waals surface area contributed by atoms with Crippen molar-refractivity contribution in [2.75, 3.05) is 4.90 Å². The molecule has 0 aliphatic rings. The standard InChI is InChI=1S/C52H34N2S/c1-2-19-39(20-3-1)54-49-28-9-8-24-46(49)52-50(54)47-27-13-26-45(51(47)55-52)38-18-10-21-41(34-38)53(48-29-12-17-36-15-5-7-23-44(36)48)40-32-30-37(31-33-40)43-25-11-16-35-14-4-6-22-42(35)43/h1-34H. The predicted octanol–water partition coefficient (Wildman–Crippen LogP) is 15.1. The number of rotatable bonds is 6. The SMILES string of the molecule is c1ccc(-n2c3ccccc3c3sc4c(-c5cccc(N(c6ccc(-c7cccc8ccccc78)cc6)c6cccc7ccccc67)c5)cccc4c32)cc1. The van der Waals surface area contributed by atoms with Crippen LogP contribution in [0.2, 0.25) is 0 Å². The van der Waals surface area contributed by atoms with E-state index in [-0.39, 0.29) is 0 Å². The minimum absolute atomic E-state index is 1.11. The van der Waals surface area contributed by atoms with Crippen LogP contribution < -0.4 is 4.90 Å². The van der Waals surface area contributed by atoms with Gasteiger partial charge in [-0.05, 0) is 86.9 Å². The summed E-state index contributed by atoms with van der Waals surface area (Å²) in [4.78, 5) is 2.42. The zero-order chi connectivity index (χ0) is 36.3. The number of nitrogens with zero attached hydrogens (tertiary/aromatic N) is 2. The van der Waals surface area contributed by atoms with Crippen LogP contribution in [0.25, 0.3) is 80.7 Å². The topological polar surface area (TPSA) is 8.17 Å². The summed E-state index contributed by atoms with van der Waals surface area (Å²) in [6.07, 6.45) is 0. The van der Waals surface area contributed by atoms with Crippen LogP contribution in [0.15, 0.2) is 206 Å². The Kier molecular flexibility index (Phi) is 7.39. The summed E-state index contributed by atoms with van der Waals surface area (Å²) in [6.45, 7) is 0. The number of fused-ring (bicyclic) bond motifs is 7. The fraction of sp³-hybridized carbons (Fsp3) is 0. The number of thiophene rings is 1. The van der Waals surface area contributed by atoms with E-state index in [9.17, 15) is 0 Å². The van der Waals surface area contributed by atoms with Crippen LogP contribution in [-0.2, 0) is 0 Å². The Balaban J connectivity index is 1.09. The minimum atomic E-state index is 1.11. The Morgan fingerprint density at radius 2 is 1.00 bits per heavy atom. The van der Waals surface area contributed by atoms with Crippen molar-refractivity contribution in [1.29, 1.82) is 0 Å². The molecule has 2 heterocycles. The van der Waals surface area contributed by atoms with Crippen LogP contribution >= 0.6 is 11.3 Å². The largest absolute Gasteiger partial charge is 0.310 e. The number of benzene rings is 9. The van der Waals surface area contributed by atoms with Gasteiger partial charge in [0.15, 0.2) is 0 Å². The van der Waals surface area contributed by atoms with Gasteiger partial charge in [0.2, 0.25) is 0 Å². The number of anilines is 3. The lowest BCUT2D eigenvalue weighted by atomic mass is 9.97. The maximum atomic E-state index is 2.44. The van der Waals surface area contributed by atoms with Gasteiger partial charge in [-0.25, -0.2) is 0 Å². The van der Waals surface area contributed by atoms with E-state index in [0.717, 1.165) is 17.1 Å². The summed E-state index contributed by atoms with van der Waals surface area (Å²) < 4.78 is 5.06. The van der Waals surface area contributed by atoms with Crippen molar-refractivity contribution in [2.24, 2.45) is 0 Å². The summed E-state index contributed by atoms with van der Waals surface area (Å²) >= 11 is 1.90. The molecule has 0 atom stereocenters. The molecule has 0 radical (unpaired) electrons. The van der Waals surface area contributed by atoms with Gasteiger partial charge < -0.3 is 9.47 Å². The van der Waals surface area contributed by atoms with Crippen LogP contribution in [0, 0.1) is 0 Å². The van der Waals surface area contributed by atoms with E-state index >= 15 is 0 Å². The fourth-order valence-corrected chi connectivity index (χ4v) is 9.83. The quantitative estimate of drug-likeness (QED) is 0.166. The molecule has 0 spiro atoms. The second-order valence-corrected chi connectivity index (χ2v) is 15.1. The van der Waals surface area contributed by atoms with Gasteiger partial charge in [0.05, 0.1) is 21.4 Å². The van der Waals surface area contributed by atoms with Crippen molar-refractivity contribution in [2.45, 2.75) is 0 Å². The van der Waals surface area contributed by atoms with E-state index in [0.29, 0.717) is 0 Å². The van der Waals surface area contributed by atoms with Crippen LogP contribution in [0.5, 0.6) is 0 Å². The number of aromatic nitrogens is 1. The monoisotopic (exact) mass is 718 g/mol. The molecule has 0 bridgehead atoms. The molecule has 55 heavy (non-hydrogen) atoms. The van der Waals surface area contributed by atoms with E-state index in [1.807, 2.05) is 11.3 Å². The van der Waals surface area contributed by atoms with Gasteiger partial charge in [0, 0.05) is 37.9 Å². The third-order valence-corrected chi connectivity index (χ3v) is 12.2. The van der Waals surface area contributed by atoms with Gasteiger partial charge >= 0.3 is 0 Å². The van der Waals surface area contributed by atoms with Crippen molar-refractivity contribution < 1.29 is 0 Å². The lowest BCUT2D eigenvalue weighted by Gasteiger charge is -2.27. The average Bonchev–Trinajstić information content (AvgIpc) is 3.79. The zero-order valence-electron chi connectivity index (χ0n) is 29.9. The van der Waals surface area contributed by atoms with Crippen LogP contribution in [0.1, 0.15) is 0 Å². The minimum Gasteiger partial charge on any atom is -0.310 e. The Morgan fingerprint density at radius 3 is 1.84 bits per heavy atom. The van der Waals surface area contributed by atoms with Crippen molar-refractivity contribution in [1.82, 2.24) is 4.57 Å². The number of para-hydroxylation sites is 2. The third-order valence-electron chi connectivity index (χ3n) is 11.0. The van der Waals surface area contributed by atoms with Crippen molar-refractivity contribution in [3.63, 3.8) is 0 Å². The molecule has 0 unspecified atom stereocenters. The van der Waals surface area contributed by atoms with E-state index in [1.54, 1.807) is 0 Å². The molecular weight excluding hydrogens is 685 g/mol. The predicted molar refractivity (Wildman–Crippen MR) is 237 cm³/mol. The lowest BCUT2D eigenvalue weighted by molar-refractivity contribution is 1.19. The van der Waals surface area contributed by atoms with Crippen LogP contribution in [0.4, 0.5) is 17.1 Å². The van der Waals surface area contributed by atoms with Gasteiger partial charge in [0.1, 0.15) is 0 Å². The first kappa shape index (κ1) is 31.6. The summed E-state index contributed by atoms with van der Waals surface area (Å²) in [7, 11) is 0. The molecule has 11 rings (SSSR count). The lowest BCUT2D eigenvalue weighted by Crippen LogP contribution is -2.10. The molecule has 9 aromatic carbocycles. The van der Waals surface area contributed by atoms with E-state index in [4.69, 9.17) is 0 Å². The molecule has 0 N–H and O–H groups in total. The van der Waals surface area contributed by atoms with Gasteiger partial charge in [-0.1, -0.05) is 158 Å². The summed E-state index contributed by atoms with van der Waals surface area (Å²) in [6, 6.07) is 75.0. The van der Waals surface area contributed by atoms with Crippen molar-refractivity contribution in [3.05, 3.63) is 206 Å². The van der Waals surface area contributed by atoms with Crippen molar-refractivity contribution >= 4 is 81.1 Å². The normalized spacial score (nSPS) is 11.6. The first-order chi connectivity index (χ1) is 27.3. The van der Waals surface area contributed by atoms with E-state index in [2.05, 4.69) is 216 Å². The molecular formula is C52H34N2S. The molecule has 2 nitrogen and oxygen atoms in total. The van der Waals surface area contributed by atoms with E-state index in [1.165, 1.54) is 80.7 Å². The molecule has 258 valence electrons. The number of hydrogen-bond acceptors (Lipinski definition) is 2.